The summed E-state index contributed by atoms with van der Waals surface area (Å²) < 4.78 is 0. The lowest BCUT2D eigenvalue weighted by Gasteiger charge is -2.19. The van der Waals surface area contributed by atoms with Crippen LogP contribution in [0.2, 0.25) is 10.6 Å². The van der Waals surface area contributed by atoms with Crippen LogP contribution in [0, 0.1) is 0 Å². The highest BCUT2D eigenvalue weighted by atomic mass is 35.5. The van der Waals surface area contributed by atoms with Gasteiger partial charge in [-0.2, -0.15) is 9.97 Å². The monoisotopic (exact) mass is 428 g/mol. The second-order valence-electron chi connectivity index (χ2n) is 6.29. The molecule has 0 aliphatic carbocycles. The van der Waals surface area contributed by atoms with Crippen LogP contribution in [-0.4, -0.2) is 82.1 Å². The van der Waals surface area contributed by atoms with Crippen molar-refractivity contribution in [3.63, 3.8) is 0 Å². The second-order valence-corrected chi connectivity index (χ2v) is 6.96. The average molecular weight is 429 g/mol. The first-order valence-electron chi connectivity index (χ1n) is 9.85. The highest BCUT2D eigenvalue weighted by Crippen LogP contribution is 2.26. The van der Waals surface area contributed by atoms with Crippen LogP contribution in [0.15, 0.2) is 0 Å². The Kier molecular flexibility index (Phi) is 9.37. The van der Waals surface area contributed by atoms with E-state index in [1.807, 2.05) is 0 Å². The van der Waals surface area contributed by atoms with Gasteiger partial charge in [0.1, 0.15) is 11.0 Å². The summed E-state index contributed by atoms with van der Waals surface area (Å²) in [5.41, 5.74) is 1.13. The third-order valence-corrected chi connectivity index (χ3v) is 5.06. The van der Waals surface area contributed by atoms with Crippen molar-refractivity contribution in [3.8, 4) is 0 Å². The van der Waals surface area contributed by atoms with Crippen LogP contribution in [0.25, 0.3) is 11.0 Å². The fourth-order valence-corrected chi connectivity index (χ4v) is 3.29. The molecule has 2 N–H and O–H groups in total. The van der Waals surface area contributed by atoms with Crippen molar-refractivity contribution in [1.29, 1.82) is 0 Å². The summed E-state index contributed by atoms with van der Waals surface area (Å²) in [6.07, 6.45) is 0. The fraction of sp³-hybridized carbons (Fsp3) is 0.667. The van der Waals surface area contributed by atoms with Gasteiger partial charge in [0.2, 0.25) is 10.6 Å². The molecule has 0 bridgehead atoms. The minimum Gasteiger partial charge on any atom is -0.367 e. The number of aromatic nitrogens is 4. The van der Waals surface area contributed by atoms with Gasteiger partial charge in [0.25, 0.3) is 0 Å². The number of nitrogens with zero attached hydrogens (tertiary/aromatic N) is 6. The Bertz CT molecular complexity index is 687. The van der Waals surface area contributed by atoms with Crippen LogP contribution in [0.3, 0.4) is 0 Å². The molecule has 10 heteroatoms. The van der Waals surface area contributed by atoms with Gasteiger partial charge in [0, 0.05) is 26.2 Å². The molecule has 0 amide bonds. The molecule has 0 aromatic carbocycles. The van der Waals surface area contributed by atoms with E-state index in [4.69, 9.17) is 23.2 Å². The van der Waals surface area contributed by atoms with E-state index in [2.05, 4.69) is 68.1 Å². The van der Waals surface area contributed by atoms with E-state index in [-0.39, 0.29) is 10.6 Å². The highest BCUT2D eigenvalue weighted by molar-refractivity contribution is 6.30. The zero-order valence-corrected chi connectivity index (χ0v) is 18.6. The number of hydrogen-bond donors (Lipinski definition) is 2. The van der Waals surface area contributed by atoms with Crippen molar-refractivity contribution in [2.45, 2.75) is 27.7 Å². The van der Waals surface area contributed by atoms with Crippen LogP contribution < -0.4 is 10.6 Å². The highest BCUT2D eigenvalue weighted by Gasteiger charge is 2.15. The molecule has 156 valence electrons. The van der Waals surface area contributed by atoms with Crippen molar-refractivity contribution in [3.05, 3.63) is 10.6 Å². The van der Waals surface area contributed by atoms with Gasteiger partial charge in [-0.15, -0.1) is 0 Å². The molecule has 2 rings (SSSR count). The number of halogens is 2. The van der Waals surface area contributed by atoms with Gasteiger partial charge >= 0.3 is 0 Å². The summed E-state index contributed by atoms with van der Waals surface area (Å²) in [5, 5.41) is 6.92. The number of nitrogens with one attached hydrogen (secondary N) is 2. The molecule has 0 spiro atoms. The lowest BCUT2D eigenvalue weighted by Crippen LogP contribution is -2.29. The number of anilines is 2. The Balaban J connectivity index is 2.21. The molecule has 0 radical (unpaired) electrons. The predicted molar refractivity (Wildman–Crippen MR) is 118 cm³/mol. The molecule has 0 fully saturated rings. The van der Waals surface area contributed by atoms with Crippen LogP contribution in [0.1, 0.15) is 27.7 Å². The quantitative estimate of drug-likeness (QED) is 0.498. The molecular formula is C18H30Cl2N8. The van der Waals surface area contributed by atoms with E-state index >= 15 is 0 Å². The topological polar surface area (TPSA) is 82.1 Å². The van der Waals surface area contributed by atoms with E-state index in [1.165, 1.54) is 0 Å². The van der Waals surface area contributed by atoms with E-state index in [9.17, 15) is 0 Å². The van der Waals surface area contributed by atoms with Crippen LogP contribution >= 0.6 is 23.2 Å². The lowest BCUT2D eigenvalue weighted by molar-refractivity contribution is 0.316. The van der Waals surface area contributed by atoms with E-state index in [0.717, 1.165) is 52.4 Å². The Hall–Kier alpha value is -1.48. The van der Waals surface area contributed by atoms with Crippen molar-refractivity contribution in [2.75, 3.05) is 63.0 Å². The second kappa shape index (κ2) is 11.5. The first-order valence-corrected chi connectivity index (χ1v) is 10.6. The summed E-state index contributed by atoms with van der Waals surface area (Å²) in [7, 11) is 0. The molecule has 0 aliphatic heterocycles. The van der Waals surface area contributed by atoms with Gasteiger partial charge in [0.15, 0.2) is 11.6 Å². The SMILES string of the molecule is CCN(CC)CCNc1nc(Cl)nc2c(NCCN(CC)CC)nc(Cl)nc12. The number of fused-ring (bicyclic) bond motifs is 1. The minimum atomic E-state index is 0.149. The van der Waals surface area contributed by atoms with Gasteiger partial charge in [0.05, 0.1) is 0 Å². The predicted octanol–water partition coefficient (Wildman–Crippen LogP) is 3.23. The van der Waals surface area contributed by atoms with Gasteiger partial charge < -0.3 is 20.4 Å². The van der Waals surface area contributed by atoms with Gasteiger partial charge in [-0.25, -0.2) is 9.97 Å². The summed E-state index contributed by atoms with van der Waals surface area (Å²) in [5.74, 6) is 1.14. The maximum absolute atomic E-state index is 6.16. The standard InChI is InChI=1S/C18H30Cl2N8/c1-5-27(6-2)11-9-21-15-13-14(24-17(19)25-15)16(26-18(20)23-13)22-10-12-28(7-3)8-4/h5-12H2,1-4H3,(H,21,24,25)(H,22,23,26). The third-order valence-electron chi connectivity index (χ3n) is 4.72. The molecule has 2 heterocycles. The molecule has 8 nitrogen and oxygen atoms in total. The summed E-state index contributed by atoms with van der Waals surface area (Å²) in [6.45, 7) is 15.8. The molecule has 28 heavy (non-hydrogen) atoms. The zero-order valence-electron chi connectivity index (χ0n) is 17.1. The zero-order chi connectivity index (χ0) is 20.5. The summed E-state index contributed by atoms with van der Waals surface area (Å²) >= 11 is 12.3. The summed E-state index contributed by atoms with van der Waals surface area (Å²) in [6, 6.07) is 0. The first-order chi connectivity index (χ1) is 13.5. The smallest absolute Gasteiger partial charge is 0.225 e. The van der Waals surface area contributed by atoms with E-state index in [0.29, 0.717) is 22.7 Å². The van der Waals surface area contributed by atoms with E-state index < -0.39 is 0 Å². The van der Waals surface area contributed by atoms with E-state index in [1.54, 1.807) is 0 Å². The maximum Gasteiger partial charge on any atom is 0.225 e. The van der Waals surface area contributed by atoms with Gasteiger partial charge in [-0.3, -0.25) is 0 Å². The molecular weight excluding hydrogens is 399 g/mol. The molecule has 0 aliphatic rings. The Morgan fingerprint density at radius 2 is 1.00 bits per heavy atom. The Labute approximate surface area is 177 Å². The normalized spacial score (nSPS) is 11.6. The maximum atomic E-state index is 6.16. The average Bonchev–Trinajstić information content (AvgIpc) is 2.69. The molecule has 0 unspecified atom stereocenters. The van der Waals surface area contributed by atoms with Crippen LogP contribution in [0.4, 0.5) is 11.6 Å². The van der Waals surface area contributed by atoms with Crippen molar-refractivity contribution < 1.29 is 0 Å². The molecule has 0 saturated carbocycles. The van der Waals surface area contributed by atoms with Crippen molar-refractivity contribution in [2.24, 2.45) is 0 Å². The van der Waals surface area contributed by atoms with Crippen molar-refractivity contribution >= 4 is 45.9 Å². The fourth-order valence-electron chi connectivity index (χ4n) is 2.95. The first kappa shape index (κ1) is 22.8. The molecule has 2 aromatic rings. The largest absolute Gasteiger partial charge is 0.367 e. The third kappa shape index (κ3) is 6.27. The Morgan fingerprint density at radius 1 is 0.643 bits per heavy atom. The molecule has 0 atom stereocenters. The summed E-state index contributed by atoms with van der Waals surface area (Å²) in [4.78, 5) is 21.9. The van der Waals surface area contributed by atoms with Crippen LogP contribution in [0.5, 0.6) is 0 Å². The number of hydrogen-bond acceptors (Lipinski definition) is 8. The number of rotatable bonds is 12. The molecule has 2 aromatic heterocycles. The van der Waals surface area contributed by atoms with Crippen LogP contribution in [-0.2, 0) is 0 Å². The lowest BCUT2D eigenvalue weighted by atomic mass is 10.3. The van der Waals surface area contributed by atoms with Gasteiger partial charge in [-0.1, -0.05) is 27.7 Å². The van der Waals surface area contributed by atoms with Crippen molar-refractivity contribution in [1.82, 2.24) is 29.7 Å². The number of likely N-dealkylation sites (N-methyl/N-ethyl adjacent to an activating group) is 2. The van der Waals surface area contributed by atoms with Gasteiger partial charge in [-0.05, 0) is 49.4 Å². The Morgan fingerprint density at radius 3 is 1.32 bits per heavy atom. The molecule has 0 saturated heterocycles. The minimum absolute atomic E-state index is 0.149.